The first-order valence-electron chi connectivity index (χ1n) is 5.27. The Morgan fingerprint density at radius 2 is 2.15 bits per heavy atom. The number of halogens is 2. The van der Waals surface area contributed by atoms with E-state index in [4.69, 9.17) is 22.2 Å². The zero-order valence-electron chi connectivity index (χ0n) is 9.84. The van der Waals surface area contributed by atoms with Crippen molar-refractivity contribution in [1.82, 2.24) is 4.98 Å². The summed E-state index contributed by atoms with van der Waals surface area (Å²) >= 11 is 5.60. The number of benzene rings is 1. The Morgan fingerprint density at radius 1 is 1.40 bits per heavy atom. The van der Waals surface area contributed by atoms with E-state index in [1.165, 1.54) is 24.3 Å². The Hall–Kier alpha value is -2.45. The predicted octanol–water partition coefficient (Wildman–Crippen LogP) is 2.86. The van der Waals surface area contributed by atoms with Gasteiger partial charge in [-0.3, -0.25) is 10.1 Å². The Labute approximate surface area is 117 Å². The minimum absolute atomic E-state index is 0.132. The van der Waals surface area contributed by atoms with Crippen LogP contribution in [0.15, 0.2) is 30.3 Å². The van der Waals surface area contributed by atoms with Crippen LogP contribution >= 0.6 is 11.6 Å². The van der Waals surface area contributed by atoms with Crippen molar-refractivity contribution in [3.05, 3.63) is 51.3 Å². The molecule has 3 N–H and O–H groups in total. The van der Waals surface area contributed by atoms with Crippen LogP contribution in [-0.4, -0.2) is 9.91 Å². The summed E-state index contributed by atoms with van der Waals surface area (Å²) in [6.45, 7) is 0. The SMILES string of the molecule is NNc1ccc([N+](=O)[O-])c(Oc2cccc(Cl)c2F)n1. The van der Waals surface area contributed by atoms with E-state index in [1.807, 2.05) is 0 Å². The average Bonchev–Trinajstić information content (AvgIpc) is 2.43. The fourth-order valence-corrected chi connectivity index (χ4v) is 1.56. The number of pyridine rings is 1. The third-order valence-electron chi connectivity index (χ3n) is 2.31. The van der Waals surface area contributed by atoms with Crippen molar-refractivity contribution in [3.63, 3.8) is 0 Å². The summed E-state index contributed by atoms with van der Waals surface area (Å²) in [4.78, 5) is 13.9. The maximum Gasteiger partial charge on any atom is 0.331 e. The molecule has 0 fully saturated rings. The second-order valence-corrected chi connectivity index (χ2v) is 3.98. The van der Waals surface area contributed by atoms with Gasteiger partial charge >= 0.3 is 11.6 Å². The summed E-state index contributed by atoms with van der Waals surface area (Å²) in [6, 6.07) is 6.47. The van der Waals surface area contributed by atoms with Crippen molar-refractivity contribution in [1.29, 1.82) is 0 Å². The summed E-state index contributed by atoms with van der Waals surface area (Å²) in [6.07, 6.45) is 0. The standard InChI is InChI=1S/C11H8ClFN4O3/c12-6-2-1-3-8(10(6)13)20-11-7(17(18)19)4-5-9(15-11)16-14/h1-5H,14H2,(H,15,16). The second kappa shape index (κ2) is 5.68. The summed E-state index contributed by atoms with van der Waals surface area (Å²) in [5.74, 6) is 3.78. The van der Waals surface area contributed by atoms with E-state index in [0.29, 0.717) is 0 Å². The van der Waals surface area contributed by atoms with Crippen LogP contribution in [0.1, 0.15) is 0 Å². The number of hydrogen-bond acceptors (Lipinski definition) is 6. The largest absolute Gasteiger partial charge is 0.430 e. The number of hydrogen-bond donors (Lipinski definition) is 2. The molecule has 0 saturated heterocycles. The highest BCUT2D eigenvalue weighted by Gasteiger charge is 2.20. The highest BCUT2D eigenvalue weighted by molar-refractivity contribution is 6.30. The first-order chi connectivity index (χ1) is 9.52. The van der Waals surface area contributed by atoms with Crippen LogP contribution in [0.5, 0.6) is 11.6 Å². The molecule has 0 saturated carbocycles. The van der Waals surface area contributed by atoms with E-state index in [1.54, 1.807) is 0 Å². The molecule has 1 aromatic heterocycles. The molecule has 7 nitrogen and oxygen atoms in total. The van der Waals surface area contributed by atoms with Gasteiger partial charge in [0.2, 0.25) is 0 Å². The molecule has 2 rings (SSSR count). The molecule has 2 aromatic rings. The van der Waals surface area contributed by atoms with Crippen LogP contribution in [0.4, 0.5) is 15.9 Å². The minimum Gasteiger partial charge on any atom is -0.430 e. The zero-order chi connectivity index (χ0) is 14.7. The Kier molecular flexibility index (Phi) is 3.97. The van der Waals surface area contributed by atoms with Gasteiger partial charge in [0.15, 0.2) is 11.6 Å². The highest BCUT2D eigenvalue weighted by atomic mass is 35.5. The molecule has 0 amide bonds. The summed E-state index contributed by atoms with van der Waals surface area (Å²) in [7, 11) is 0. The second-order valence-electron chi connectivity index (χ2n) is 3.58. The molecule has 0 radical (unpaired) electrons. The van der Waals surface area contributed by atoms with Crippen molar-refractivity contribution in [2.45, 2.75) is 0 Å². The monoisotopic (exact) mass is 298 g/mol. The van der Waals surface area contributed by atoms with Gasteiger partial charge in [0, 0.05) is 6.07 Å². The van der Waals surface area contributed by atoms with E-state index < -0.39 is 22.3 Å². The van der Waals surface area contributed by atoms with Crippen molar-refractivity contribution >= 4 is 23.1 Å². The Bertz CT molecular complexity index is 668. The molecule has 104 valence electrons. The molecule has 0 bridgehead atoms. The van der Waals surface area contributed by atoms with Crippen molar-refractivity contribution in [2.75, 3.05) is 5.43 Å². The van der Waals surface area contributed by atoms with Gasteiger partial charge < -0.3 is 10.2 Å². The van der Waals surface area contributed by atoms with Crippen LogP contribution in [-0.2, 0) is 0 Å². The lowest BCUT2D eigenvalue weighted by atomic mass is 10.3. The maximum absolute atomic E-state index is 13.7. The smallest absolute Gasteiger partial charge is 0.331 e. The van der Waals surface area contributed by atoms with Gasteiger partial charge in [-0.25, -0.2) is 10.2 Å². The van der Waals surface area contributed by atoms with E-state index in [0.717, 1.165) is 6.07 Å². The van der Waals surface area contributed by atoms with E-state index >= 15 is 0 Å². The Morgan fingerprint density at radius 3 is 2.80 bits per heavy atom. The van der Waals surface area contributed by atoms with Crippen molar-refractivity contribution in [2.24, 2.45) is 5.84 Å². The minimum atomic E-state index is -0.837. The lowest BCUT2D eigenvalue weighted by molar-refractivity contribution is -0.386. The normalized spacial score (nSPS) is 10.2. The summed E-state index contributed by atoms with van der Waals surface area (Å²) in [5.41, 5.74) is 1.78. The third kappa shape index (κ3) is 2.76. The number of anilines is 1. The van der Waals surface area contributed by atoms with Crippen molar-refractivity contribution < 1.29 is 14.1 Å². The predicted molar refractivity (Wildman–Crippen MR) is 70.2 cm³/mol. The molecule has 1 aromatic carbocycles. The number of nitrogens with two attached hydrogens (primary N) is 1. The lowest BCUT2D eigenvalue weighted by Crippen LogP contribution is -2.09. The maximum atomic E-state index is 13.7. The molecule has 0 aliphatic rings. The number of nitrogens with one attached hydrogen (secondary N) is 1. The summed E-state index contributed by atoms with van der Waals surface area (Å²) in [5, 5.41) is 10.7. The van der Waals surface area contributed by atoms with E-state index in [-0.39, 0.29) is 16.6 Å². The van der Waals surface area contributed by atoms with Gasteiger partial charge in [-0.2, -0.15) is 4.98 Å². The molecule has 0 aliphatic heterocycles. The number of nitrogens with zero attached hydrogens (tertiary/aromatic N) is 2. The number of ether oxygens (including phenoxy) is 1. The lowest BCUT2D eigenvalue weighted by Gasteiger charge is -2.08. The highest BCUT2D eigenvalue weighted by Crippen LogP contribution is 2.33. The molecular weight excluding hydrogens is 291 g/mol. The molecule has 0 aliphatic carbocycles. The fourth-order valence-electron chi connectivity index (χ4n) is 1.39. The van der Waals surface area contributed by atoms with Crippen LogP contribution in [0.3, 0.4) is 0 Å². The first-order valence-corrected chi connectivity index (χ1v) is 5.64. The third-order valence-corrected chi connectivity index (χ3v) is 2.60. The topological polar surface area (TPSA) is 103 Å². The van der Waals surface area contributed by atoms with Gasteiger partial charge in [0.05, 0.1) is 9.95 Å². The zero-order valence-corrected chi connectivity index (χ0v) is 10.6. The van der Waals surface area contributed by atoms with Crippen LogP contribution in [0, 0.1) is 15.9 Å². The molecule has 20 heavy (non-hydrogen) atoms. The molecule has 1 heterocycles. The Balaban J connectivity index is 2.46. The quantitative estimate of drug-likeness (QED) is 0.511. The molecule has 0 atom stereocenters. The summed E-state index contributed by atoms with van der Waals surface area (Å²) < 4.78 is 18.8. The van der Waals surface area contributed by atoms with Crippen LogP contribution in [0.2, 0.25) is 5.02 Å². The van der Waals surface area contributed by atoms with Gasteiger partial charge in [-0.15, -0.1) is 0 Å². The van der Waals surface area contributed by atoms with Crippen molar-refractivity contribution in [3.8, 4) is 11.6 Å². The van der Waals surface area contributed by atoms with E-state index in [9.17, 15) is 14.5 Å². The number of nitrogen functional groups attached to an aromatic ring is 1. The van der Waals surface area contributed by atoms with E-state index in [2.05, 4.69) is 10.4 Å². The number of hydrazine groups is 1. The van der Waals surface area contributed by atoms with Crippen LogP contribution < -0.4 is 16.0 Å². The molecule has 0 unspecified atom stereocenters. The van der Waals surface area contributed by atoms with Gasteiger partial charge in [-0.05, 0) is 18.2 Å². The number of rotatable bonds is 4. The van der Waals surface area contributed by atoms with Gasteiger partial charge in [0.1, 0.15) is 5.82 Å². The molecular formula is C11H8ClFN4O3. The molecule has 9 heteroatoms. The molecule has 0 spiro atoms. The average molecular weight is 299 g/mol. The fraction of sp³-hybridized carbons (Fsp3) is 0. The van der Waals surface area contributed by atoms with Gasteiger partial charge in [-0.1, -0.05) is 17.7 Å². The number of aromatic nitrogens is 1. The number of nitro groups is 1. The van der Waals surface area contributed by atoms with Gasteiger partial charge in [0.25, 0.3) is 0 Å². The first kappa shape index (κ1) is 14.0. The van der Waals surface area contributed by atoms with Crippen LogP contribution in [0.25, 0.3) is 0 Å².